The van der Waals surface area contributed by atoms with Crippen molar-refractivity contribution in [3.63, 3.8) is 0 Å². The third kappa shape index (κ3) is 4.70. The number of aromatic nitrogens is 2. The van der Waals surface area contributed by atoms with E-state index < -0.39 is 35.4 Å². The SMILES string of the molecule is CC(=O)C(N=Nc1cc(C(=O)O)ccc1C(=O)O)C(=O)Nc1ccc2[nH]c(=O)[nH]c2c1. The van der Waals surface area contributed by atoms with Crippen LogP contribution >= 0.6 is 0 Å². The van der Waals surface area contributed by atoms with E-state index in [0.29, 0.717) is 11.0 Å². The van der Waals surface area contributed by atoms with Crippen LogP contribution in [0.1, 0.15) is 27.6 Å². The minimum absolute atomic E-state index is 0.239. The van der Waals surface area contributed by atoms with Crippen molar-refractivity contribution < 1.29 is 29.4 Å². The number of amides is 1. The van der Waals surface area contributed by atoms with E-state index in [9.17, 15) is 29.1 Å². The third-order valence-electron chi connectivity index (χ3n) is 4.17. The van der Waals surface area contributed by atoms with Crippen LogP contribution in [0.2, 0.25) is 0 Å². The minimum Gasteiger partial charge on any atom is -0.478 e. The average molecular weight is 425 g/mol. The predicted molar refractivity (Wildman–Crippen MR) is 107 cm³/mol. The Bertz CT molecular complexity index is 1300. The first-order chi connectivity index (χ1) is 14.7. The fourth-order valence-corrected chi connectivity index (χ4v) is 2.69. The van der Waals surface area contributed by atoms with Gasteiger partial charge in [-0.15, -0.1) is 0 Å². The van der Waals surface area contributed by atoms with Crippen LogP contribution in [0, 0.1) is 0 Å². The first-order valence-corrected chi connectivity index (χ1v) is 8.70. The van der Waals surface area contributed by atoms with E-state index in [1.54, 1.807) is 6.07 Å². The minimum atomic E-state index is -1.61. The summed E-state index contributed by atoms with van der Waals surface area (Å²) in [4.78, 5) is 63.3. The number of carbonyl (C=O) groups excluding carboxylic acids is 2. The lowest BCUT2D eigenvalue weighted by molar-refractivity contribution is -0.126. The number of nitrogens with zero attached hydrogens (tertiary/aromatic N) is 2. The van der Waals surface area contributed by atoms with Crippen molar-refractivity contribution in [3.05, 3.63) is 58.0 Å². The number of rotatable bonds is 7. The molecule has 31 heavy (non-hydrogen) atoms. The van der Waals surface area contributed by atoms with Crippen molar-refractivity contribution in [1.82, 2.24) is 9.97 Å². The van der Waals surface area contributed by atoms with Crippen molar-refractivity contribution in [2.24, 2.45) is 10.2 Å². The highest BCUT2D eigenvalue weighted by atomic mass is 16.4. The molecule has 0 spiro atoms. The molecule has 5 N–H and O–H groups in total. The van der Waals surface area contributed by atoms with Crippen molar-refractivity contribution in [2.75, 3.05) is 5.32 Å². The molecule has 2 aromatic carbocycles. The zero-order valence-corrected chi connectivity index (χ0v) is 15.9. The van der Waals surface area contributed by atoms with Gasteiger partial charge in [0.1, 0.15) is 5.69 Å². The van der Waals surface area contributed by atoms with Crippen LogP contribution in [-0.4, -0.2) is 49.9 Å². The quantitative estimate of drug-likeness (QED) is 0.282. The van der Waals surface area contributed by atoms with Gasteiger partial charge < -0.3 is 25.5 Å². The van der Waals surface area contributed by atoms with Gasteiger partial charge in [-0.05, 0) is 43.3 Å². The number of imidazole rings is 1. The molecular weight excluding hydrogens is 410 g/mol. The molecule has 0 saturated heterocycles. The predicted octanol–water partition coefficient (Wildman–Crippen LogP) is 1.93. The lowest BCUT2D eigenvalue weighted by atomic mass is 10.1. The van der Waals surface area contributed by atoms with E-state index in [1.165, 1.54) is 12.1 Å². The van der Waals surface area contributed by atoms with Crippen LogP contribution in [0.15, 0.2) is 51.4 Å². The Morgan fingerprint density at radius 3 is 2.32 bits per heavy atom. The second-order valence-corrected chi connectivity index (χ2v) is 6.40. The molecule has 3 aromatic rings. The summed E-state index contributed by atoms with van der Waals surface area (Å²) in [5.41, 5.74) is -0.113. The molecule has 0 fully saturated rings. The molecule has 1 amide bonds. The van der Waals surface area contributed by atoms with E-state index in [0.717, 1.165) is 25.1 Å². The van der Waals surface area contributed by atoms with Crippen LogP contribution in [-0.2, 0) is 9.59 Å². The molecule has 1 unspecified atom stereocenters. The molecule has 3 rings (SSSR count). The molecule has 158 valence electrons. The molecule has 0 aliphatic heterocycles. The summed E-state index contributed by atoms with van der Waals surface area (Å²) in [6, 6.07) is 5.99. The van der Waals surface area contributed by atoms with E-state index in [2.05, 4.69) is 25.5 Å². The smallest absolute Gasteiger partial charge is 0.337 e. The fourth-order valence-electron chi connectivity index (χ4n) is 2.69. The van der Waals surface area contributed by atoms with Crippen molar-refractivity contribution >= 4 is 46.0 Å². The summed E-state index contributed by atoms with van der Waals surface area (Å²) in [5, 5.41) is 28.1. The zero-order chi connectivity index (χ0) is 22.7. The van der Waals surface area contributed by atoms with Crippen LogP contribution in [0.5, 0.6) is 0 Å². The van der Waals surface area contributed by atoms with E-state index >= 15 is 0 Å². The summed E-state index contributed by atoms with van der Waals surface area (Å²) >= 11 is 0. The van der Waals surface area contributed by atoms with E-state index in [4.69, 9.17) is 5.11 Å². The Morgan fingerprint density at radius 2 is 1.68 bits per heavy atom. The zero-order valence-electron chi connectivity index (χ0n) is 15.9. The first-order valence-electron chi connectivity index (χ1n) is 8.70. The molecule has 1 aromatic heterocycles. The molecule has 0 bridgehead atoms. The van der Waals surface area contributed by atoms with Crippen LogP contribution in [0.25, 0.3) is 11.0 Å². The van der Waals surface area contributed by atoms with Crippen molar-refractivity contribution in [1.29, 1.82) is 0 Å². The highest BCUT2D eigenvalue weighted by Crippen LogP contribution is 2.23. The molecule has 0 saturated carbocycles. The number of anilines is 1. The monoisotopic (exact) mass is 425 g/mol. The fraction of sp³-hybridized carbons (Fsp3) is 0.105. The number of H-pyrrole nitrogens is 2. The number of azo groups is 1. The number of benzene rings is 2. The van der Waals surface area contributed by atoms with E-state index in [1.807, 2.05) is 0 Å². The lowest BCUT2D eigenvalue weighted by Gasteiger charge is -2.10. The number of aromatic amines is 2. The van der Waals surface area contributed by atoms with Gasteiger partial charge in [-0.3, -0.25) is 9.59 Å². The van der Waals surface area contributed by atoms with Crippen molar-refractivity contribution in [2.45, 2.75) is 13.0 Å². The van der Waals surface area contributed by atoms with Gasteiger partial charge in [-0.2, -0.15) is 10.2 Å². The summed E-state index contributed by atoms with van der Waals surface area (Å²) in [7, 11) is 0. The van der Waals surface area contributed by atoms with Gasteiger partial charge in [0, 0.05) is 5.69 Å². The molecule has 0 radical (unpaired) electrons. The Labute approximate surface area is 172 Å². The number of hydrogen-bond donors (Lipinski definition) is 5. The number of aromatic carboxylic acids is 2. The van der Waals surface area contributed by atoms with Gasteiger partial charge >= 0.3 is 17.6 Å². The summed E-state index contributed by atoms with van der Waals surface area (Å²) in [5.74, 6) is -4.22. The number of Topliss-reactive ketones (excluding diaryl/α,β-unsaturated/α-hetero) is 1. The molecular formula is C19H15N5O7. The number of carboxylic acid groups (broad SMARTS) is 2. The maximum absolute atomic E-state index is 12.5. The van der Waals surface area contributed by atoms with Gasteiger partial charge in [0.15, 0.2) is 5.78 Å². The standard InChI is InChI=1S/C19H15N5O7/c1-8(25)15(16(26)20-10-3-5-12-14(7-10)22-19(31)21-12)24-23-13-6-9(17(27)28)2-4-11(13)18(29)30/h2-7,15H,1H3,(H,20,26)(H,27,28)(H,29,30)(H2,21,22,31). The van der Waals surface area contributed by atoms with Gasteiger partial charge in [-0.1, -0.05) is 0 Å². The van der Waals surface area contributed by atoms with Gasteiger partial charge in [0.2, 0.25) is 6.04 Å². The Hall–Kier alpha value is -4.61. The lowest BCUT2D eigenvalue weighted by Crippen LogP contribution is -2.31. The molecule has 0 aliphatic rings. The number of carbonyl (C=O) groups is 4. The summed E-state index contributed by atoms with van der Waals surface area (Å²) in [6.07, 6.45) is 0. The molecule has 12 heteroatoms. The number of carboxylic acids is 2. The van der Waals surface area contributed by atoms with Crippen LogP contribution in [0.3, 0.4) is 0 Å². The van der Waals surface area contributed by atoms with Crippen LogP contribution < -0.4 is 11.0 Å². The molecule has 1 heterocycles. The maximum Gasteiger partial charge on any atom is 0.337 e. The number of nitrogens with one attached hydrogen (secondary N) is 3. The normalized spacial score (nSPS) is 12.0. The maximum atomic E-state index is 12.5. The largest absolute Gasteiger partial charge is 0.478 e. The summed E-state index contributed by atoms with van der Waals surface area (Å²) in [6.45, 7) is 1.10. The third-order valence-corrected chi connectivity index (χ3v) is 4.17. The van der Waals surface area contributed by atoms with Gasteiger partial charge in [0.05, 0.1) is 22.2 Å². The average Bonchev–Trinajstić information content (AvgIpc) is 3.06. The molecule has 12 nitrogen and oxygen atoms in total. The van der Waals surface area contributed by atoms with Gasteiger partial charge in [0.25, 0.3) is 5.91 Å². The number of hydrogen-bond acceptors (Lipinski definition) is 7. The second kappa shape index (κ2) is 8.41. The molecule has 1 atom stereocenters. The van der Waals surface area contributed by atoms with E-state index in [-0.39, 0.29) is 22.5 Å². The highest BCUT2D eigenvalue weighted by molar-refractivity contribution is 6.10. The first kappa shape index (κ1) is 21.1. The Kier molecular flexibility index (Phi) is 5.72. The number of fused-ring (bicyclic) bond motifs is 1. The summed E-state index contributed by atoms with van der Waals surface area (Å²) < 4.78 is 0. The Morgan fingerprint density at radius 1 is 0.968 bits per heavy atom. The highest BCUT2D eigenvalue weighted by Gasteiger charge is 2.24. The topological polar surface area (TPSA) is 194 Å². The Balaban J connectivity index is 1.88. The number of ketones is 1. The second-order valence-electron chi connectivity index (χ2n) is 6.40. The molecule has 0 aliphatic carbocycles. The van der Waals surface area contributed by atoms with Crippen LogP contribution in [0.4, 0.5) is 11.4 Å². The van der Waals surface area contributed by atoms with Gasteiger partial charge in [-0.25, -0.2) is 14.4 Å². The van der Waals surface area contributed by atoms with Crippen molar-refractivity contribution in [3.8, 4) is 0 Å².